The summed E-state index contributed by atoms with van der Waals surface area (Å²) in [5, 5.41) is 7.36. The molecule has 27 heavy (non-hydrogen) atoms. The van der Waals surface area contributed by atoms with Gasteiger partial charge in [0.25, 0.3) is 0 Å². The van der Waals surface area contributed by atoms with Crippen LogP contribution in [0.25, 0.3) is 0 Å². The Morgan fingerprint density at radius 1 is 1.04 bits per heavy atom. The third-order valence-electron chi connectivity index (χ3n) is 4.53. The van der Waals surface area contributed by atoms with Gasteiger partial charge < -0.3 is 5.32 Å². The lowest BCUT2D eigenvalue weighted by Gasteiger charge is -2.06. The normalized spacial score (nSPS) is 10.2. The minimum atomic E-state index is -0.00850. The average molecular weight is 357 g/mol. The number of hydrogen-bond acceptors (Lipinski definition) is 2. The molecule has 0 atom stereocenters. The number of carbonyl (C=O) groups excluding carboxylic acids is 1. The summed E-state index contributed by atoms with van der Waals surface area (Å²) in [6.45, 7) is 4.01. The van der Waals surface area contributed by atoms with E-state index in [0.29, 0.717) is 12.8 Å². The van der Waals surface area contributed by atoms with Crippen LogP contribution in [0.3, 0.4) is 0 Å². The van der Waals surface area contributed by atoms with Crippen LogP contribution in [0.15, 0.2) is 54.6 Å². The Labute approximate surface area is 160 Å². The van der Waals surface area contributed by atoms with E-state index in [9.17, 15) is 4.79 Å². The van der Waals surface area contributed by atoms with E-state index in [1.54, 1.807) is 0 Å². The third-order valence-corrected chi connectivity index (χ3v) is 4.53. The highest BCUT2D eigenvalue weighted by atomic mass is 16.1. The molecule has 3 rings (SSSR count). The zero-order valence-electron chi connectivity index (χ0n) is 15.9. The lowest BCUT2D eigenvalue weighted by molar-refractivity contribution is -0.116. The molecule has 0 saturated heterocycles. The van der Waals surface area contributed by atoms with Crippen molar-refractivity contribution in [2.24, 2.45) is 7.05 Å². The molecule has 0 saturated carbocycles. The van der Waals surface area contributed by atoms with Gasteiger partial charge in [0.2, 0.25) is 5.91 Å². The van der Waals surface area contributed by atoms with Crippen LogP contribution in [0, 0.1) is 25.7 Å². The predicted octanol–water partition coefficient (Wildman–Crippen LogP) is 4.01. The van der Waals surface area contributed by atoms with E-state index >= 15 is 0 Å². The molecule has 1 heterocycles. The third kappa shape index (κ3) is 4.86. The number of benzene rings is 2. The summed E-state index contributed by atoms with van der Waals surface area (Å²) in [4.78, 5) is 12.3. The van der Waals surface area contributed by atoms with Crippen LogP contribution in [-0.4, -0.2) is 15.7 Å². The summed E-state index contributed by atoms with van der Waals surface area (Å²) in [7, 11) is 1.92. The van der Waals surface area contributed by atoms with Crippen molar-refractivity contribution in [1.29, 1.82) is 0 Å². The van der Waals surface area contributed by atoms with Crippen LogP contribution in [0.1, 0.15) is 34.5 Å². The second-order valence-electron chi connectivity index (χ2n) is 6.52. The first-order valence-corrected chi connectivity index (χ1v) is 8.99. The predicted molar refractivity (Wildman–Crippen MR) is 108 cm³/mol. The topological polar surface area (TPSA) is 46.9 Å². The van der Waals surface area contributed by atoms with Crippen LogP contribution >= 0.6 is 0 Å². The zero-order chi connectivity index (χ0) is 19.2. The van der Waals surface area contributed by atoms with Crippen molar-refractivity contribution in [3.05, 3.63) is 82.7 Å². The number of aryl methyl sites for hydroxylation is 2. The minimum absolute atomic E-state index is 0.00850. The fourth-order valence-corrected chi connectivity index (χ4v) is 2.98. The molecule has 0 spiro atoms. The van der Waals surface area contributed by atoms with Crippen molar-refractivity contribution in [3.63, 3.8) is 0 Å². The molecule has 1 aromatic heterocycles. The molecule has 0 aliphatic carbocycles. The van der Waals surface area contributed by atoms with E-state index in [-0.39, 0.29) is 5.91 Å². The van der Waals surface area contributed by atoms with Gasteiger partial charge in [-0.2, -0.15) is 5.10 Å². The van der Waals surface area contributed by atoms with E-state index in [4.69, 9.17) is 0 Å². The van der Waals surface area contributed by atoms with Gasteiger partial charge in [-0.1, -0.05) is 36.1 Å². The van der Waals surface area contributed by atoms with Crippen LogP contribution in [0.4, 0.5) is 5.69 Å². The first-order chi connectivity index (χ1) is 13.0. The number of carbonyl (C=O) groups is 1. The molecule has 0 aliphatic heterocycles. The molecule has 3 aromatic rings. The Kier molecular flexibility index (Phi) is 5.73. The summed E-state index contributed by atoms with van der Waals surface area (Å²) in [6, 6.07) is 17.5. The van der Waals surface area contributed by atoms with Gasteiger partial charge >= 0.3 is 0 Å². The smallest absolute Gasteiger partial charge is 0.224 e. The van der Waals surface area contributed by atoms with Gasteiger partial charge in [0.15, 0.2) is 0 Å². The van der Waals surface area contributed by atoms with Crippen LogP contribution in [-0.2, 0) is 18.3 Å². The van der Waals surface area contributed by atoms with Gasteiger partial charge in [0, 0.05) is 36.0 Å². The SMILES string of the molecule is Cc1nn(C)c(C)c1CCC(=O)Nc1cccc(C#Cc2ccccc2)c1. The minimum Gasteiger partial charge on any atom is -0.326 e. The van der Waals surface area contributed by atoms with Crippen LogP contribution in [0.2, 0.25) is 0 Å². The maximum absolute atomic E-state index is 12.3. The number of nitrogens with one attached hydrogen (secondary N) is 1. The van der Waals surface area contributed by atoms with Crippen molar-refractivity contribution < 1.29 is 4.79 Å². The molecule has 136 valence electrons. The zero-order valence-corrected chi connectivity index (χ0v) is 15.9. The molecule has 0 radical (unpaired) electrons. The number of rotatable bonds is 4. The Bertz CT molecular complexity index is 1010. The van der Waals surface area contributed by atoms with E-state index in [0.717, 1.165) is 33.8 Å². The molecular weight excluding hydrogens is 334 g/mol. The number of amides is 1. The maximum Gasteiger partial charge on any atom is 0.224 e. The molecule has 1 N–H and O–H groups in total. The van der Waals surface area contributed by atoms with Crippen molar-refractivity contribution in [2.75, 3.05) is 5.32 Å². The Balaban J connectivity index is 1.62. The first kappa shape index (κ1) is 18.5. The van der Waals surface area contributed by atoms with Crippen LogP contribution < -0.4 is 5.32 Å². The highest BCUT2D eigenvalue weighted by Crippen LogP contribution is 2.15. The van der Waals surface area contributed by atoms with Gasteiger partial charge in [-0.15, -0.1) is 0 Å². The van der Waals surface area contributed by atoms with E-state index in [2.05, 4.69) is 22.3 Å². The highest BCUT2D eigenvalue weighted by molar-refractivity contribution is 5.91. The lowest BCUT2D eigenvalue weighted by atomic mass is 10.1. The Morgan fingerprint density at radius 3 is 2.44 bits per heavy atom. The monoisotopic (exact) mass is 357 g/mol. The number of nitrogens with zero attached hydrogens (tertiary/aromatic N) is 2. The molecule has 4 heteroatoms. The highest BCUT2D eigenvalue weighted by Gasteiger charge is 2.11. The Hall–Kier alpha value is -3.32. The number of anilines is 1. The van der Waals surface area contributed by atoms with E-state index in [1.165, 1.54) is 0 Å². The first-order valence-electron chi connectivity index (χ1n) is 8.99. The van der Waals surface area contributed by atoms with E-state index in [1.807, 2.05) is 80.2 Å². The van der Waals surface area contributed by atoms with Crippen molar-refractivity contribution in [2.45, 2.75) is 26.7 Å². The fourth-order valence-electron chi connectivity index (χ4n) is 2.98. The van der Waals surface area contributed by atoms with Crippen LogP contribution in [0.5, 0.6) is 0 Å². The number of hydrogen-bond donors (Lipinski definition) is 1. The summed E-state index contributed by atoms with van der Waals surface area (Å²) in [5.41, 5.74) is 5.85. The van der Waals surface area contributed by atoms with Gasteiger partial charge in [0.1, 0.15) is 0 Å². The quantitative estimate of drug-likeness (QED) is 0.717. The van der Waals surface area contributed by atoms with Crippen molar-refractivity contribution in [3.8, 4) is 11.8 Å². The second kappa shape index (κ2) is 8.37. The summed E-state index contributed by atoms with van der Waals surface area (Å²) in [5.74, 6) is 6.26. The summed E-state index contributed by atoms with van der Waals surface area (Å²) >= 11 is 0. The van der Waals surface area contributed by atoms with Crippen molar-refractivity contribution in [1.82, 2.24) is 9.78 Å². The van der Waals surface area contributed by atoms with Crippen molar-refractivity contribution >= 4 is 11.6 Å². The largest absolute Gasteiger partial charge is 0.326 e. The standard InChI is InChI=1S/C23H23N3O/c1-17-22(18(2)26(3)25-17)14-15-23(27)24-21-11-7-10-20(16-21)13-12-19-8-5-4-6-9-19/h4-11,16H,14-15H2,1-3H3,(H,24,27). The van der Waals surface area contributed by atoms with E-state index < -0.39 is 0 Å². The molecule has 4 nitrogen and oxygen atoms in total. The lowest BCUT2D eigenvalue weighted by Crippen LogP contribution is -2.12. The molecule has 0 bridgehead atoms. The number of aromatic nitrogens is 2. The summed E-state index contributed by atoms with van der Waals surface area (Å²) in [6.07, 6.45) is 1.11. The fraction of sp³-hybridized carbons (Fsp3) is 0.217. The van der Waals surface area contributed by atoms with Gasteiger partial charge in [0.05, 0.1) is 5.69 Å². The van der Waals surface area contributed by atoms with Gasteiger partial charge in [-0.3, -0.25) is 9.48 Å². The molecule has 0 aliphatic rings. The average Bonchev–Trinajstić information content (AvgIpc) is 2.91. The molecule has 0 unspecified atom stereocenters. The molecule has 1 amide bonds. The van der Waals surface area contributed by atoms with Gasteiger partial charge in [-0.05, 0) is 56.2 Å². The Morgan fingerprint density at radius 2 is 1.74 bits per heavy atom. The van der Waals surface area contributed by atoms with Gasteiger partial charge in [-0.25, -0.2) is 0 Å². The maximum atomic E-state index is 12.3. The summed E-state index contributed by atoms with van der Waals surface area (Å²) < 4.78 is 1.86. The second-order valence-corrected chi connectivity index (χ2v) is 6.52. The molecule has 0 fully saturated rings. The molecule has 2 aromatic carbocycles. The molecular formula is C23H23N3O.